The van der Waals surface area contributed by atoms with Gasteiger partial charge in [0.05, 0.1) is 7.11 Å². The van der Waals surface area contributed by atoms with Gasteiger partial charge in [-0.25, -0.2) is 0 Å². The summed E-state index contributed by atoms with van der Waals surface area (Å²) in [6.07, 6.45) is 0.728. The number of carbonyl (C=O) groups is 5. The SMILES string of the molecule is COC(=O)C1([C@@]2(N)CCCCC(=O)c3ccccc3C2=O)C(=O)c2ccccc2C1=O. The van der Waals surface area contributed by atoms with Gasteiger partial charge in [-0.2, -0.15) is 0 Å². The molecule has 2 N–H and O–H groups in total. The molecule has 0 bridgehead atoms. The maximum atomic E-state index is 13.9. The normalized spacial score (nSPS) is 22.8. The molecule has 4 rings (SSSR count). The van der Waals surface area contributed by atoms with Crippen LogP contribution in [-0.4, -0.2) is 41.8 Å². The zero-order chi connectivity index (χ0) is 22.4. The van der Waals surface area contributed by atoms with E-state index in [0.29, 0.717) is 6.42 Å². The number of ether oxygens (including phenoxy) is 1. The molecule has 2 aromatic rings. The molecule has 0 saturated heterocycles. The highest BCUT2D eigenvalue weighted by Gasteiger charge is 2.72. The summed E-state index contributed by atoms with van der Waals surface area (Å²) in [5.74, 6) is -3.89. The van der Waals surface area contributed by atoms with E-state index < -0.39 is 34.3 Å². The van der Waals surface area contributed by atoms with Gasteiger partial charge in [-0.1, -0.05) is 55.0 Å². The Morgan fingerprint density at radius 2 is 1.29 bits per heavy atom. The van der Waals surface area contributed by atoms with Crippen molar-refractivity contribution in [1.82, 2.24) is 0 Å². The van der Waals surface area contributed by atoms with Crippen LogP contribution in [0, 0.1) is 5.41 Å². The Kier molecular flexibility index (Phi) is 4.94. The van der Waals surface area contributed by atoms with E-state index in [1.165, 1.54) is 24.3 Å². The molecule has 2 aliphatic carbocycles. The fraction of sp³-hybridized carbons (Fsp3) is 0.292. The second-order valence-corrected chi connectivity index (χ2v) is 7.92. The van der Waals surface area contributed by atoms with Crippen molar-refractivity contribution in [2.75, 3.05) is 7.11 Å². The van der Waals surface area contributed by atoms with Crippen LogP contribution in [0.5, 0.6) is 0 Å². The van der Waals surface area contributed by atoms with Gasteiger partial charge in [0.25, 0.3) is 0 Å². The summed E-state index contributed by atoms with van der Waals surface area (Å²) in [6.45, 7) is 0. The van der Waals surface area contributed by atoms with E-state index in [1.54, 1.807) is 24.3 Å². The Labute approximate surface area is 178 Å². The fourth-order valence-electron chi connectivity index (χ4n) is 4.77. The second kappa shape index (κ2) is 7.35. The predicted octanol–water partition coefficient (Wildman–Crippen LogP) is 2.56. The lowest BCUT2D eigenvalue weighted by Gasteiger charge is -2.40. The van der Waals surface area contributed by atoms with E-state index in [2.05, 4.69) is 0 Å². The van der Waals surface area contributed by atoms with E-state index in [9.17, 15) is 24.0 Å². The summed E-state index contributed by atoms with van der Waals surface area (Å²) < 4.78 is 4.91. The van der Waals surface area contributed by atoms with Crippen LogP contribution in [0.25, 0.3) is 0 Å². The topological polar surface area (TPSA) is 121 Å². The van der Waals surface area contributed by atoms with Crippen LogP contribution in [0.1, 0.15) is 67.1 Å². The van der Waals surface area contributed by atoms with Gasteiger partial charge < -0.3 is 10.5 Å². The van der Waals surface area contributed by atoms with Gasteiger partial charge in [0.15, 0.2) is 23.1 Å². The zero-order valence-electron chi connectivity index (χ0n) is 17.0. The van der Waals surface area contributed by atoms with Crippen molar-refractivity contribution in [3.63, 3.8) is 0 Å². The minimum Gasteiger partial charge on any atom is -0.468 e. The van der Waals surface area contributed by atoms with Crippen molar-refractivity contribution in [2.45, 2.75) is 31.2 Å². The molecule has 0 heterocycles. The first-order valence-electron chi connectivity index (χ1n) is 10.0. The van der Waals surface area contributed by atoms with Crippen molar-refractivity contribution in [2.24, 2.45) is 11.1 Å². The Balaban J connectivity index is 2.02. The lowest BCUT2D eigenvalue weighted by atomic mass is 9.61. The summed E-state index contributed by atoms with van der Waals surface area (Å²) in [7, 11) is 1.05. The minimum atomic E-state index is -2.55. The number of fused-ring (bicyclic) bond motifs is 2. The standard InChI is InChI=1S/C24H21NO6/c1-31-22(30)24(20(28)16-10-4-5-11-17(16)21(24)29)23(25)13-7-6-12-18(26)14-8-2-3-9-15(14)19(23)27/h2-5,8-11H,6-7,12-13,25H2,1H3/t23-/m1/s1. The van der Waals surface area contributed by atoms with Gasteiger partial charge in [-0.05, 0) is 12.8 Å². The Bertz CT molecular complexity index is 1120. The average molecular weight is 419 g/mol. The maximum absolute atomic E-state index is 13.9. The molecular weight excluding hydrogens is 398 g/mol. The smallest absolute Gasteiger partial charge is 0.330 e. The van der Waals surface area contributed by atoms with Crippen molar-refractivity contribution in [1.29, 1.82) is 0 Å². The van der Waals surface area contributed by atoms with Gasteiger partial charge in [0.2, 0.25) is 5.41 Å². The first-order valence-corrected chi connectivity index (χ1v) is 10.0. The molecule has 158 valence electrons. The predicted molar refractivity (Wildman–Crippen MR) is 110 cm³/mol. The summed E-state index contributed by atoms with van der Waals surface area (Å²) >= 11 is 0. The van der Waals surface area contributed by atoms with Crippen molar-refractivity contribution >= 4 is 29.1 Å². The first-order chi connectivity index (χ1) is 14.8. The quantitative estimate of drug-likeness (QED) is 0.586. The summed E-state index contributed by atoms with van der Waals surface area (Å²) in [5.41, 5.74) is 2.13. The summed E-state index contributed by atoms with van der Waals surface area (Å²) in [5, 5.41) is 0. The average Bonchev–Trinajstić information content (AvgIpc) is 3.04. The van der Waals surface area contributed by atoms with Crippen molar-refractivity contribution in [3.8, 4) is 0 Å². The van der Waals surface area contributed by atoms with Crippen molar-refractivity contribution in [3.05, 3.63) is 70.8 Å². The van der Waals surface area contributed by atoms with Crippen molar-refractivity contribution < 1.29 is 28.7 Å². The zero-order valence-corrected chi connectivity index (χ0v) is 17.0. The third kappa shape index (κ3) is 2.66. The highest BCUT2D eigenvalue weighted by molar-refractivity contribution is 6.41. The van der Waals surface area contributed by atoms with E-state index in [1.807, 2.05) is 0 Å². The van der Waals surface area contributed by atoms with E-state index in [4.69, 9.17) is 10.5 Å². The van der Waals surface area contributed by atoms with Crippen LogP contribution < -0.4 is 5.73 Å². The van der Waals surface area contributed by atoms with Crippen LogP contribution in [-0.2, 0) is 9.53 Å². The molecule has 0 radical (unpaired) electrons. The van der Waals surface area contributed by atoms with E-state index in [0.717, 1.165) is 7.11 Å². The van der Waals surface area contributed by atoms with Gasteiger partial charge >= 0.3 is 5.97 Å². The Morgan fingerprint density at radius 3 is 1.81 bits per heavy atom. The molecular formula is C24H21NO6. The number of rotatable bonds is 2. The maximum Gasteiger partial charge on any atom is 0.330 e. The molecule has 0 amide bonds. The molecule has 0 saturated carbocycles. The molecule has 0 fully saturated rings. The van der Waals surface area contributed by atoms with Crippen LogP contribution in [0.15, 0.2) is 48.5 Å². The Hall–Kier alpha value is -3.45. The number of hydrogen-bond donors (Lipinski definition) is 1. The molecule has 0 unspecified atom stereocenters. The number of esters is 1. The lowest BCUT2D eigenvalue weighted by molar-refractivity contribution is -0.149. The number of nitrogens with two attached hydrogens (primary N) is 1. The number of hydrogen-bond acceptors (Lipinski definition) is 7. The van der Waals surface area contributed by atoms with E-state index >= 15 is 0 Å². The summed E-state index contributed by atoms with van der Waals surface area (Å²) in [4.78, 5) is 66.9. The number of ketones is 4. The molecule has 31 heavy (non-hydrogen) atoms. The molecule has 0 spiro atoms. The third-order valence-corrected chi connectivity index (χ3v) is 6.36. The summed E-state index contributed by atoms with van der Waals surface area (Å²) in [6, 6.07) is 12.1. The molecule has 0 aliphatic heterocycles. The lowest BCUT2D eigenvalue weighted by Crippen LogP contribution is -2.69. The van der Waals surface area contributed by atoms with Crippen LogP contribution in [0.4, 0.5) is 0 Å². The third-order valence-electron chi connectivity index (χ3n) is 6.36. The number of methoxy groups -OCH3 is 1. The molecule has 2 aliphatic rings. The molecule has 1 atom stereocenters. The van der Waals surface area contributed by atoms with Gasteiger partial charge in [0, 0.05) is 28.7 Å². The first kappa shape index (κ1) is 20.8. The molecule has 7 heteroatoms. The van der Waals surface area contributed by atoms with Crippen LogP contribution >= 0.6 is 0 Å². The highest BCUT2D eigenvalue weighted by atomic mass is 16.5. The molecule has 2 aromatic carbocycles. The number of Topliss-reactive ketones (excluding diaryl/α,β-unsaturated/α-hetero) is 4. The fourth-order valence-corrected chi connectivity index (χ4v) is 4.77. The van der Waals surface area contributed by atoms with Gasteiger partial charge in [-0.15, -0.1) is 0 Å². The second-order valence-electron chi connectivity index (χ2n) is 7.92. The monoisotopic (exact) mass is 419 g/mol. The van der Waals surface area contributed by atoms with Gasteiger partial charge in [0.1, 0.15) is 5.54 Å². The number of carbonyl (C=O) groups excluding carboxylic acids is 5. The van der Waals surface area contributed by atoms with Crippen LogP contribution in [0.2, 0.25) is 0 Å². The number of benzene rings is 2. The minimum absolute atomic E-state index is 0.00302. The largest absolute Gasteiger partial charge is 0.468 e. The van der Waals surface area contributed by atoms with Crippen LogP contribution in [0.3, 0.4) is 0 Å². The highest BCUT2D eigenvalue weighted by Crippen LogP contribution is 2.48. The van der Waals surface area contributed by atoms with Gasteiger partial charge in [-0.3, -0.25) is 24.0 Å². The molecule has 0 aromatic heterocycles. The Morgan fingerprint density at radius 1 is 0.806 bits per heavy atom. The van der Waals surface area contributed by atoms with E-state index in [-0.39, 0.29) is 47.3 Å². The molecule has 7 nitrogen and oxygen atoms in total.